The second kappa shape index (κ2) is 6.94. The largest absolute Gasteiger partial charge is 0.295 e. The van der Waals surface area contributed by atoms with E-state index in [0.29, 0.717) is 12.0 Å². The number of hydrogen-bond donors (Lipinski definition) is 0. The number of Topliss-reactive ketones (excluding diaryl/α,β-unsaturated/α-hetero) is 1. The van der Waals surface area contributed by atoms with Gasteiger partial charge in [-0.3, -0.25) is 4.79 Å². The number of hydrogen-bond acceptors (Lipinski definition) is 3. The second-order valence-electron chi connectivity index (χ2n) is 6.31. The summed E-state index contributed by atoms with van der Waals surface area (Å²) in [6.07, 6.45) is 2.35. The number of sulfonamides is 1. The molecule has 1 aliphatic heterocycles. The highest BCUT2D eigenvalue weighted by Crippen LogP contribution is 2.35. The Bertz CT molecular complexity index is 900. The Kier molecular flexibility index (Phi) is 4.88. The Balaban J connectivity index is 2.06. The lowest BCUT2D eigenvalue weighted by Crippen LogP contribution is -2.39. The summed E-state index contributed by atoms with van der Waals surface area (Å²) in [5, 5.41) is 0. The Morgan fingerprint density at radius 2 is 1.68 bits per heavy atom. The lowest BCUT2D eigenvalue weighted by molar-refractivity contribution is -0.113. The highest BCUT2D eigenvalue weighted by molar-refractivity contribution is 7.89. The van der Waals surface area contributed by atoms with Gasteiger partial charge in [-0.15, -0.1) is 0 Å². The molecule has 0 fully saturated rings. The number of rotatable bonds is 4. The molecule has 0 radical (unpaired) electrons. The van der Waals surface area contributed by atoms with Crippen LogP contribution in [0.15, 0.2) is 71.1 Å². The summed E-state index contributed by atoms with van der Waals surface area (Å²) in [6, 6.07) is 16.1. The molecule has 0 saturated heterocycles. The van der Waals surface area contributed by atoms with Crippen molar-refractivity contribution in [3.63, 3.8) is 0 Å². The van der Waals surface area contributed by atoms with Gasteiger partial charge in [0.25, 0.3) is 0 Å². The van der Waals surface area contributed by atoms with Crippen LogP contribution in [-0.2, 0) is 14.8 Å². The molecule has 0 spiro atoms. The van der Waals surface area contributed by atoms with Crippen LogP contribution in [0.3, 0.4) is 0 Å². The van der Waals surface area contributed by atoms with E-state index in [2.05, 4.69) is 0 Å². The average Bonchev–Trinajstić information content (AvgIpc) is 2.62. The minimum atomic E-state index is -3.70. The standard InChI is InChI=1S/C20H21NO3S/c1-15-8-11-19(12-9-15)25(23,24)21-14-18(16(2)22)10-13-20(21)17-6-4-3-5-7-17/h3-12,20H,13-14H2,1-2H3. The van der Waals surface area contributed by atoms with E-state index in [1.54, 1.807) is 24.3 Å². The zero-order valence-electron chi connectivity index (χ0n) is 14.3. The molecule has 1 heterocycles. The first-order chi connectivity index (χ1) is 11.9. The van der Waals surface area contributed by atoms with Crippen LogP contribution in [0.2, 0.25) is 0 Å². The van der Waals surface area contributed by atoms with Crippen molar-refractivity contribution in [3.05, 3.63) is 77.4 Å². The fourth-order valence-corrected chi connectivity index (χ4v) is 4.65. The molecule has 1 unspecified atom stereocenters. The third-order valence-corrected chi connectivity index (χ3v) is 6.39. The number of aryl methyl sites for hydroxylation is 1. The topological polar surface area (TPSA) is 54.5 Å². The quantitative estimate of drug-likeness (QED) is 0.841. The normalized spacial score (nSPS) is 18.6. The Morgan fingerprint density at radius 3 is 2.28 bits per heavy atom. The SMILES string of the molecule is CC(=O)C1=CCC(c2ccccc2)N(S(=O)(=O)c2ccc(C)cc2)C1. The minimum Gasteiger partial charge on any atom is -0.295 e. The second-order valence-corrected chi connectivity index (χ2v) is 8.20. The van der Waals surface area contributed by atoms with E-state index < -0.39 is 10.0 Å². The van der Waals surface area contributed by atoms with Gasteiger partial charge in [0.1, 0.15) is 0 Å². The maximum atomic E-state index is 13.2. The van der Waals surface area contributed by atoms with Crippen LogP contribution in [0, 0.1) is 6.92 Å². The van der Waals surface area contributed by atoms with Crippen molar-refractivity contribution in [2.24, 2.45) is 0 Å². The van der Waals surface area contributed by atoms with E-state index in [-0.39, 0.29) is 23.3 Å². The summed E-state index contributed by atoms with van der Waals surface area (Å²) in [6.45, 7) is 3.50. The fourth-order valence-electron chi connectivity index (χ4n) is 3.04. The van der Waals surface area contributed by atoms with Gasteiger partial charge in [0.2, 0.25) is 10.0 Å². The molecule has 25 heavy (non-hydrogen) atoms. The summed E-state index contributed by atoms with van der Waals surface area (Å²) in [7, 11) is -3.70. The molecule has 1 aliphatic rings. The monoisotopic (exact) mass is 355 g/mol. The number of ketones is 1. The molecule has 2 aromatic rings. The van der Waals surface area contributed by atoms with Gasteiger partial charge < -0.3 is 0 Å². The summed E-state index contributed by atoms with van der Waals surface area (Å²) in [4.78, 5) is 12.1. The number of nitrogens with zero attached hydrogens (tertiary/aromatic N) is 1. The highest BCUT2D eigenvalue weighted by atomic mass is 32.2. The number of carbonyl (C=O) groups excluding carboxylic acids is 1. The molecule has 0 amide bonds. The van der Waals surface area contributed by atoms with Gasteiger partial charge in [0.15, 0.2) is 5.78 Å². The molecular weight excluding hydrogens is 334 g/mol. The smallest absolute Gasteiger partial charge is 0.243 e. The molecule has 3 rings (SSSR count). The van der Waals surface area contributed by atoms with Crippen molar-refractivity contribution in [2.75, 3.05) is 6.54 Å². The van der Waals surface area contributed by atoms with Gasteiger partial charge in [0, 0.05) is 12.1 Å². The third kappa shape index (κ3) is 3.57. The van der Waals surface area contributed by atoms with Gasteiger partial charge in [-0.1, -0.05) is 54.1 Å². The summed E-state index contributed by atoms with van der Waals surface area (Å²) in [5.74, 6) is -0.0874. The molecule has 0 N–H and O–H groups in total. The van der Waals surface area contributed by atoms with E-state index in [1.165, 1.54) is 11.2 Å². The number of carbonyl (C=O) groups is 1. The maximum absolute atomic E-state index is 13.2. The van der Waals surface area contributed by atoms with Crippen LogP contribution < -0.4 is 0 Å². The predicted octanol–water partition coefficient (Wildman–Crippen LogP) is 3.65. The van der Waals surface area contributed by atoms with Crippen LogP contribution in [-0.4, -0.2) is 25.1 Å². The summed E-state index contributed by atoms with van der Waals surface area (Å²) >= 11 is 0. The molecule has 5 heteroatoms. The van der Waals surface area contributed by atoms with E-state index in [4.69, 9.17) is 0 Å². The van der Waals surface area contributed by atoms with E-state index in [0.717, 1.165) is 11.1 Å². The van der Waals surface area contributed by atoms with Crippen LogP contribution in [0.1, 0.15) is 30.5 Å². The van der Waals surface area contributed by atoms with E-state index in [9.17, 15) is 13.2 Å². The molecule has 130 valence electrons. The molecule has 0 aliphatic carbocycles. The first-order valence-corrected chi connectivity index (χ1v) is 9.67. The van der Waals surface area contributed by atoms with Crippen molar-refractivity contribution in [3.8, 4) is 0 Å². The fraction of sp³-hybridized carbons (Fsp3) is 0.250. The Labute approximate surface area is 148 Å². The van der Waals surface area contributed by atoms with Gasteiger partial charge in [-0.2, -0.15) is 4.31 Å². The molecule has 0 saturated carbocycles. The molecule has 1 atom stereocenters. The minimum absolute atomic E-state index is 0.0874. The first kappa shape index (κ1) is 17.6. The van der Waals surface area contributed by atoms with E-state index >= 15 is 0 Å². The molecule has 4 nitrogen and oxygen atoms in total. The zero-order chi connectivity index (χ0) is 18.0. The van der Waals surface area contributed by atoms with Gasteiger partial charge >= 0.3 is 0 Å². The van der Waals surface area contributed by atoms with Gasteiger partial charge in [-0.25, -0.2) is 8.42 Å². The van der Waals surface area contributed by atoms with Crippen molar-refractivity contribution in [2.45, 2.75) is 31.2 Å². The van der Waals surface area contributed by atoms with Crippen molar-refractivity contribution in [1.29, 1.82) is 0 Å². The van der Waals surface area contributed by atoms with Crippen LogP contribution in [0.25, 0.3) is 0 Å². The Hall–Kier alpha value is -2.24. The average molecular weight is 355 g/mol. The van der Waals surface area contributed by atoms with Crippen LogP contribution in [0.5, 0.6) is 0 Å². The molecule has 2 aromatic carbocycles. The first-order valence-electron chi connectivity index (χ1n) is 8.23. The lowest BCUT2D eigenvalue weighted by Gasteiger charge is -2.34. The van der Waals surface area contributed by atoms with Crippen LogP contribution >= 0.6 is 0 Å². The lowest BCUT2D eigenvalue weighted by atomic mass is 9.97. The van der Waals surface area contributed by atoms with Crippen LogP contribution in [0.4, 0.5) is 0 Å². The van der Waals surface area contributed by atoms with Crippen molar-refractivity contribution in [1.82, 2.24) is 4.31 Å². The zero-order valence-corrected chi connectivity index (χ0v) is 15.2. The summed E-state index contributed by atoms with van der Waals surface area (Å²) < 4.78 is 27.9. The Morgan fingerprint density at radius 1 is 1.04 bits per heavy atom. The maximum Gasteiger partial charge on any atom is 0.243 e. The highest BCUT2D eigenvalue weighted by Gasteiger charge is 2.35. The van der Waals surface area contributed by atoms with Crippen molar-refractivity contribution < 1.29 is 13.2 Å². The van der Waals surface area contributed by atoms with Gasteiger partial charge in [-0.05, 0) is 38.0 Å². The molecule has 0 aromatic heterocycles. The van der Waals surface area contributed by atoms with Crippen molar-refractivity contribution >= 4 is 15.8 Å². The van der Waals surface area contributed by atoms with Gasteiger partial charge in [0.05, 0.1) is 10.9 Å². The van der Waals surface area contributed by atoms with E-state index in [1.807, 2.05) is 43.3 Å². The predicted molar refractivity (Wildman–Crippen MR) is 97.6 cm³/mol. The third-order valence-electron chi connectivity index (χ3n) is 4.53. The molecular formula is C20H21NO3S. The molecule has 0 bridgehead atoms. The summed E-state index contributed by atoms with van der Waals surface area (Å²) in [5.41, 5.74) is 2.47. The number of benzene rings is 2.